The fourth-order valence-electron chi connectivity index (χ4n) is 4.03. The van der Waals surface area contributed by atoms with Gasteiger partial charge < -0.3 is 20.9 Å². The number of likely N-dealkylation sites (tertiary alicyclic amines) is 2. The molecule has 0 radical (unpaired) electrons. The Balaban J connectivity index is 1.50. The van der Waals surface area contributed by atoms with Crippen LogP contribution < -0.4 is 11.1 Å². The summed E-state index contributed by atoms with van der Waals surface area (Å²) in [4.78, 5) is 40.3. The Morgan fingerprint density at radius 1 is 1.32 bits per heavy atom. The summed E-state index contributed by atoms with van der Waals surface area (Å²) in [6.07, 6.45) is 3.44. The molecule has 3 unspecified atom stereocenters. The van der Waals surface area contributed by atoms with Gasteiger partial charge in [-0.3, -0.25) is 14.4 Å². The predicted molar refractivity (Wildman–Crippen MR) is 105 cm³/mol. The van der Waals surface area contributed by atoms with Gasteiger partial charge in [0.05, 0.1) is 6.42 Å². The summed E-state index contributed by atoms with van der Waals surface area (Å²) in [5.41, 5.74) is 5.55. The first-order valence-corrected chi connectivity index (χ1v) is 10.6. The molecule has 28 heavy (non-hydrogen) atoms. The quantitative estimate of drug-likeness (QED) is 0.703. The summed E-state index contributed by atoms with van der Waals surface area (Å²) in [6, 6.07) is 0.0550. The Labute approximate surface area is 168 Å². The molecule has 3 N–H and O–H groups in total. The van der Waals surface area contributed by atoms with E-state index in [1.54, 1.807) is 11.9 Å². The summed E-state index contributed by atoms with van der Waals surface area (Å²) in [7, 11) is 1.77. The molecular weight excluding hydrogens is 380 g/mol. The number of hydrogen-bond acceptors (Lipinski definition) is 7. The van der Waals surface area contributed by atoms with Gasteiger partial charge in [0.25, 0.3) is 0 Å². The molecule has 3 rings (SSSR count). The van der Waals surface area contributed by atoms with Crippen LogP contribution in [0, 0.1) is 5.92 Å². The Bertz CT molecular complexity index is 739. The molecule has 0 spiro atoms. The van der Waals surface area contributed by atoms with Gasteiger partial charge in [-0.25, -0.2) is 0 Å². The van der Waals surface area contributed by atoms with E-state index in [1.165, 1.54) is 11.3 Å². The molecule has 0 aromatic carbocycles. The average Bonchev–Trinajstić information content (AvgIpc) is 3.21. The maximum absolute atomic E-state index is 12.7. The van der Waals surface area contributed by atoms with Crippen LogP contribution in [0.3, 0.4) is 0 Å². The summed E-state index contributed by atoms with van der Waals surface area (Å²) < 4.78 is 0. The lowest BCUT2D eigenvalue weighted by atomic mass is 9.89. The second-order valence-electron chi connectivity index (χ2n) is 7.58. The first-order chi connectivity index (χ1) is 13.4. The van der Waals surface area contributed by atoms with Gasteiger partial charge >= 0.3 is 0 Å². The molecule has 10 heteroatoms. The van der Waals surface area contributed by atoms with E-state index in [1.807, 2.05) is 4.90 Å². The third-order valence-corrected chi connectivity index (χ3v) is 6.55. The molecule has 3 amide bonds. The standard InChI is InChI=1S/C18H28N6O3S/c1-3-11-10-24(17(27)8-12-4-5-16(26)23(12)2)7-6-13(11)20-14(25)9-15-21-22-18(19)28-15/h11-13H,3-10H2,1-2H3,(H2,19,22)(H,20,25). The fourth-order valence-corrected chi connectivity index (χ4v) is 4.64. The van der Waals surface area contributed by atoms with Gasteiger partial charge in [0.1, 0.15) is 5.01 Å². The molecule has 2 saturated heterocycles. The first kappa shape index (κ1) is 20.5. The molecule has 2 aliphatic heterocycles. The molecule has 2 fully saturated rings. The van der Waals surface area contributed by atoms with Crippen molar-refractivity contribution in [3.63, 3.8) is 0 Å². The molecule has 1 aromatic rings. The minimum Gasteiger partial charge on any atom is -0.374 e. The molecule has 9 nitrogen and oxygen atoms in total. The minimum atomic E-state index is -0.0922. The lowest BCUT2D eigenvalue weighted by Crippen LogP contribution is -2.53. The van der Waals surface area contributed by atoms with Crippen molar-refractivity contribution in [2.24, 2.45) is 5.92 Å². The van der Waals surface area contributed by atoms with Crippen molar-refractivity contribution in [3.8, 4) is 0 Å². The lowest BCUT2D eigenvalue weighted by Gasteiger charge is -2.39. The molecule has 3 atom stereocenters. The maximum atomic E-state index is 12.7. The average molecular weight is 409 g/mol. The van der Waals surface area contributed by atoms with Crippen molar-refractivity contribution in [2.45, 2.75) is 57.5 Å². The molecule has 0 saturated carbocycles. The number of rotatable bonds is 6. The second kappa shape index (κ2) is 8.85. The Hall–Kier alpha value is -2.23. The highest BCUT2D eigenvalue weighted by Crippen LogP contribution is 2.24. The van der Waals surface area contributed by atoms with E-state index >= 15 is 0 Å². The van der Waals surface area contributed by atoms with Gasteiger partial charge in [0.2, 0.25) is 22.9 Å². The number of nitrogens with one attached hydrogen (secondary N) is 1. The highest BCUT2D eigenvalue weighted by atomic mass is 32.1. The predicted octanol–water partition coefficient (Wildman–Crippen LogP) is 0.417. The zero-order valence-corrected chi connectivity index (χ0v) is 17.2. The maximum Gasteiger partial charge on any atom is 0.227 e. The smallest absolute Gasteiger partial charge is 0.227 e. The van der Waals surface area contributed by atoms with E-state index in [9.17, 15) is 14.4 Å². The van der Waals surface area contributed by atoms with Crippen LogP contribution in [0.15, 0.2) is 0 Å². The molecule has 3 heterocycles. The monoisotopic (exact) mass is 408 g/mol. The number of nitrogens with zero attached hydrogens (tertiary/aromatic N) is 4. The van der Waals surface area contributed by atoms with E-state index in [0.29, 0.717) is 36.1 Å². The fraction of sp³-hybridized carbons (Fsp3) is 0.722. The van der Waals surface area contributed by atoms with Crippen molar-refractivity contribution in [1.82, 2.24) is 25.3 Å². The van der Waals surface area contributed by atoms with Gasteiger partial charge in [-0.15, -0.1) is 10.2 Å². The van der Waals surface area contributed by atoms with Crippen LogP contribution in [-0.4, -0.2) is 69.9 Å². The topological polar surface area (TPSA) is 122 Å². The van der Waals surface area contributed by atoms with Crippen LogP contribution in [0.5, 0.6) is 0 Å². The number of piperidine rings is 1. The Morgan fingerprint density at radius 2 is 2.11 bits per heavy atom. The minimum absolute atomic E-state index is 0.0110. The van der Waals surface area contributed by atoms with Crippen LogP contribution >= 0.6 is 11.3 Å². The highest BCUT2D eigenvalue weighted by molar-refractivity contribution is 7.15. The van der Waals surface area contributed by atoms with Crippen molar-refractivity contribution in [1.29, 1.82) is 0 Å². The van der Waals surface area contributed by atoms with Gasteiger partial charge in [-0.05, 0) is 25.2 Å². The van der Waals surface area contributed by atoms with Crippen LogP contribution in [-0.2, 0) is 20.8 Å². The second-order valence-corrected chi connectivity index (χ2v) is 8.68. The zero-order valence-electron chi connectivity index (χ0n) is 16.4. The van der Waals surface area contributed by atoms with Crippen LogP contribution in [0.2, 0.25) is 0 Å². The third-order valence-electron chi connectivity index (χ3n) is 5.79. The molecule has 0 bridgehead atoms. The summed E-state index contributed by atoms with van der Waals surface area (Å²) in [5, 5.41) is 11.7. The number of carbonyl (C=O) groups is 3. The molecule has 2 aliphatic rings. The van der Waals surface area contributed by atoms with Crippen LogP contribution in [0.4, 0.5) is 5.13 Å². The first-order valence-electron chi connectivity index (χ1n) is 9.78. The van der Waals surface area contributed by atoms with E-state index in [-0.39, 0.29) is 42.1 Å². The number of aromatic nitrogens is 2. The van der Waals surface area contributed by atoms with Crippen LogP contribution in [0.1, 0.15) is 44.0 Å². The number of carbonyl (C=O) groups excluding carboxylic acids is 3. The molecule has 0 aliphatic carbocycles. The number of hydrogen-bond donors (Lipinski definition) is 2. The summed E-state index contributed by atoms with van der Waals surface area (Å²) in [6.45, 7) is 3.33. The van der Waals surface area contributed by atoms with Crippen molar-refractivity contribution in [3.05, 3.63) is 5.01 Å². The zero-order chi connectivity index (χ0) is 20.3. The number of anilines is 1. The summed E-state index contributed by atoms with van der Waals surface area (Å²) >= 11 is 1.22. The Kier molecular flexibility index (Phi) is 6.48. The summed E-state index contributed by atoms with van der Waals surface area (Å²) in [5.74, 6) is 0.330. The van der Waals surface area contributed by atoms with Crippen molar-refractivity contribution < 1.29 is 14.4 Å². The highest BCUT2D eigenvalue weighted by Gasteiger charge is 2.34. The molecule has 1 aromatic heterocycles. The van der Waals surface area contributed by atoms with Crippen LogP contribution in [0.25, 0.3) is 0 Å². The van der Waals surface area contributed by atoms with E-state index < -0.39 is 0 Å². The number of nitrogen functional groups attached to an aromatic ring is 1. The van der Waals surface area contributed by atoms with Crippen molar-refractivity contribution in [2.75, 3.05) is 25.9 Å². The van der Waals surface area contributed by atoms with Gasteiger partial charge in [0, 0.05) is 45.1 Å². The number of nitrogens with two attached hydrogens (primary N) is 1. The number of amides is 3. The van der Waals surface area contributed by atoms with E-state index in [4.69, 9.17) is 5.73 Å². The normalized spacial score (nSPS) is 25.2. The van der Waals surface area contributed by atoms with E-state index in [2.05, 4.69) is 22.4 Å². The Morgan fingerprint density at radius 3 is 2.71 bits per heavy atom. The largest absolute Gasteiger partial charge is 0.374 e. The molecule has 154 valence electrons. The third kappa shape index (κ3) is 4.78. The van der Waals surface area contributed by atoms with Gasteiger partial charge in [0.15, 0.2) is 0 Å². The lowest BCUT2D eigenvalue weighted by molar-refractivity contribution is -0.135. The van der Waals surface area contributed by atoms with Gasteiger partial charge in [-0.2, -0.15) is 0 Å². The van der Waals surface area contributed by atoms with E-state index in [0.717, 1.165) is 19.3 Å². The SMILES string of the molecule is CCC1CN(C(=O)CC2CCC(=O)N2C)CCC1NC(=O)Cc1nnc(N)s1. The van der Waals surface area contributed by atoms with Gasteiger partial charge in [-0.1, -0.05) is 18.3 Å². The molecular formula is C18H28N6O3S. The van der Waals surface area contributed by atoms with Crippen molar-refractivity contribution >= 4 is 34.2 Å².